The molecule has 1 amide bonds. The van der Waals surface area contributed by atoms with Gasteiger partial charge in [-0.1, -0.05) is 48.5 Å². The molecule has 4 rings (SSSR count). The van der Waals surface area contributed by atoms with Gasteiger partial charge in [-0.3, -0.25) is 9.69 Å². The molecule has 0 aliphatic carbocycles. The number of benzene rings is 2. The van der Waals surface area contributed by atoms with Crippen LogP contribution in [0.15, 0.2) is 60.8 Å². The number of carbonyl (C=O) groups is 1. The molecule has 1 aliphatic heterocycles. The number of aromatic nitrogens is 1. The summed E-state index contributed by atoms with van der Waals surface area (Å²) in [5.74, 6) is 0.336. The van der Waals surface area contributed by atoms with Crippen LogP contribution in [0.2, 0.25) is 0 Å². The summed E-state index contributed by atoms with van der Waals surface area (Å²) in [6.07, 6.45) is 4.17. The third kappa shape index (κ3) is 4.12. The van der Waals surface area contributed by atoms with Crippen molar-refractivity contribution in [2.75, 3.05) is 13.1 Å². The zero-order valence-electron chi connectivity index (χ0n) is 16.6. The number of aryl methyl sites for hydroxylation is 1. The lowest BCUT2D eigenvalue weighted by Gasteiger charge is -2.31. The Morgan fingerprint density at radius 3 is 2.50 bits per heavy atom. The van der Waals surface area contributed by atoms with Gasteiger partial charge in [0.05, 0.1) is 0 Å². The lowest BCUT2D eigenvalue weighted by molar-refractivity contribution is -0.126. The zero-order valence-corrected chi connectivity index (χ0v) is 16.6. The van der Waals surface area contributed by atoms with Crippen molar-refractivity contribution in [3.8, 4) is 0 Å². The first-order chi connectivity index (χ1) is 13.7. The molecule has 4 nitrogen and oxygen atoms in total. The van der Waals surface area contributed by atoms with E-state index in [-0.39, 0.29) is 11.8 Å². The van der Waals surface area contributed by atoms with E-state index in [0.29, 0.717) is 6.54 Å². The first-order valence-electron chi connectivity index (χ1n) is 10.4. The summed E-state index contributed by atoms with van der Waals surface area (Å²) < 4.78 is 2.33. The predicted molar refractivity (Wildman–Crippen MR) is 114 cm³/mol. The van der Waals surface area contributed by atoms with Crippen LogP contribution in [-0.2, 0) is 24.4 Å². The van der Waals surface area contributed by atoms with Crippen LogP contribution in [0, 0.1) is 5.92 Å². The number of rotatable bonds is 6. The molecule has 0 saturated carbocycles. The van der Waals surface area contributed by atoms with Crippen molar-refractivity contribution in [2.24, 2.45) is 5.92 Å². The van der Waals surface area contributed by atoms with Gasteiger partial charge in [-0.15, -0.1) is 0 Å². The standard InChI is InChI=1S/C24H29N3O/c1-2-27-18-21(22-10-6-7-11-23(22)27)17-26-14-12-20(13-15-26)24(28)25-16-19-8-4-3-5-9-19/h3-11,18,20H,2,12-17H2,1H3,(H,25,28). The average molecular weight is 376 g/mol. The van der Waals surface area contributed by atoms with Crippen molar-refractivity contribution in [1.82, 2.24) is 14.8 Å². The highest BCUT2D eigenvalue weighted by Gasteiger charge is 2.25. The topological polar surface area (TPSA) is 37.3 Å². The van der Waals surface area contributed by atoms with Crippen molar-refractivity contribution in [1.29, 1.82) is 0 Å². The minimum atomic E-state index is 0.136. The highest BCUT2D eigenvalue weighted by atomic mass is 16.1. The van der Waals surface area contributed by atoms with Gasteiger partial charge in [-0.25, -0.2) is 0 Å². The van der Waals surface area contributed by atoms with Gasteiger partial charge in [0, 0.05) is 42.7 Å². The summed E-state index contributed by atoms with van der Waals surface area (Å²) in [6, 6.07) is 18.8. The molecule has 1 aliphatic rings. The Morgan fingerprint density at radius 1 is 1.04 bits per heavy atom. The Labute approximate surface area is 167 Å². The number of amides is 1. The summed E-state index contributed by atoms with van der Waals surface area (Å²) in [6.45, 7) is 6.73. The van der Waals surface area contributed by atoms with Crippen LogP contribution < -0.4 is 5.32 Å². The molecule has 1 N–H and O–H groups in total. The molecular weight excluding hydrogens is 346 g/mol. The fraction of sp³-hybridized carbons (Fsp3) is 0.375. The van der Waals surface area contributed by atoms with E-state index in [0.717, 1.165) is 44.6 Å². The van der Waals surface area contributed by atoms with Gasteiger partial charge in [0.2, 0.25) is 5.91 Å². The van der Waals surface area contributed by atoms with Crippen LogP contribution in [0.5, 0.6) is 0 Å². The van der Waals surface area contributed by atoms with E-state index in [2.05, 4.69) is 64.3 Å². The summed E-state index contributed by atoms with van der Waals surface area (Å²) in [4.78, 5) is 15.0. The number of hydrogen-bond acceptors (Lipinski definition) is 2. The summed E-state index contributed by atoms with van der Waals surface area (Å²) in [5, 5.41) is 4.46. The minimum Gasteiger partial charge on any atom is -0.352 e. The number of fused-ring (bicyclic) bond motifs is 1. The van der Waals surface area contributed by atoms with Crippen LogP contribution in [-0.4, -0.2) is 28.5 Å². The molecule has 0 unspecified atom stereocenters. The van der Waals surface area contributed by atoms with Crippen LogP contribution in [0.3, 0.4) is 0 Å². The van der Waals surface area contributed by atoms with Gasteiger partial charge in [0.1, 0.15) is 0 Å². The van der Waals surface area contributed by atoms with E-state index in [1.54, 1.807) is 0 Å². The number of piperidine rings is 1. The number of carbonyl (C=O) groups excluding carboxylic acids is 1. The van der Waals surface area contributed by atoms with Crippen molar-refractivity contribution in [2.45, 2.75) is 39.4 Å². The molecule has 28 heavy (non-hydrogen) atoms. The molecule has 0 spiro atoms. The van der Waals surface area contributed by atoms with Gasteiger partial charge >= 0.3 is 0 Å². The molecule has 0 radical (unpaired) electrons. The van der Waals surface area contributed by atoms with Gasteiger partial charge in [0.15, 0.2) is 0 Å². The molecule has 0 bridgehead atoms. The first kappa shape index (κ1) is 18.8. The number of para-hydroxylation sites is 1. The number of likely N-dealkylation sites (tertiary alicyclic amines) is 1. The van der Waals surface area contributed by atoms with E-state index in [1.807, 2.05) is 18.2 Å². The Balaban J connectivity index is 1.31. The van der Waals surface area contributed by atoms with E-state index in [1.165, 1.54) is 16.5 Å². The number of nitrogens with one attached hydrogen (secondary N) is 1. The fourth-order valence-electron chi connectivity index (χ4n) is 4.23. The molecule has 1 fully saturated rings. The molecule has 146 valence electrons. The van der Waals surface area contributed by atoms with E-state index < -0.39 is 0 Å². The smallest absolute Gasteiger partial charge is 0.223 e. The highest BCUT2D eigenvalue weighted by molar-refractivity contribution is 5.84. The Kier molecular flexibility index (Phi) is 5.77. The van der Waals surface area contributed by atoms with Gasteiger partial charge in [0.25, 0.3) is 0 Å². The van der Waals surface area contributed by atoms with Gasteiger partial charge < -0.3 is 9.88 Å². The second-order valence-corrected chi connectivity index (χ2v) is 7.71. The zero-order chi connectivity index (χ0) is 19.3. The Morgan fingerprint density at radius 2 is 1.75 bits per heavy atom. The monoisotopic (exact) mass is 375 g/mol. The van der Waals surface area contributed by atoms with E-state index >= 15 is 0 Å². The second-order valence-electron chi connectivity index (χ2n) is 7.71. The molecule has 2 aromatic carbocycles. The Bertz CT molecular complexity index is 923. The minimum absolute atomic E-state index is 0.136. The summed E-state index contributed by atoms with van der Waals surface area (Å²) in [5.41, 5.74) is 3.86. The SMILES string of the molecule is CCn1cc(CN2CCC(C(=O)NCc3ccccc3)CC2)c2ccccc21. The molecule has 1 saturated heterocycles. The third-order valence-corrected chi connectivity index (χ3v) is 5.87. The maximum absolute atomic E-state index is 12.5. The molecule has 1 aromatic heterocycles. The lowest BCUT2D eigenvalue weighted by Crippen LogP contribution is -2.40. The number of hydrogen-bond donors (Lipinski definition) is 1. The third-order valence-electron chi connectivity index (χ3n) is 5.87. The van der Waals surface area contributed by atoms with Crippen LogP contribution in [0.25, 0.3) is 10.9 Å². The van der Waals surface area contributed by atoms with Crippen molar-refractivity contribution < 1.29 is 4.79 Å². The maximum Gasteiger partial charge on any atom is 0.223 e. The quantitative estimate of drug-likeness (QED) is 0.701. The normalized spacial score (nSPS) is 15.8. The maximum atomic E-state index is 12.5. The lowest BCUT2D eigenvalue weighted by atomic mass is 9.95. The van der Waals surface area contributed by atoms with E-state index in [4.69, 9.17) is 0 Å². The van der Waals surface area contributed by atoms with Crippen LogP contribution in [0.1, 0.15) is 30.9 Å². The second kappa shape index (κ2) is 8.61. The molecule has 0 atom stereocenters. The van der Waals surface area contributed by atoms with Crippen molar-refractivity contribution >= 4 is 16.8 Å². The first-order valence-corrected chi connectivity index (χ1v) is 10.4. The van der Waals surface area contributed by atoms with Gasteiger partial charge in [-0.2, -0.15) is 0 Å². The molecule has 3 aromatic rings. The molecule has 4 heteroatoms. The van der Waals surface area contributed by atoms with Crippen molar-refractivity contribution in [3.63, 3.8) is 0 Å². The highest BCUT2D eigenvalue weighted by Crippen LogP contribution is 2.25. The van der Waals surface area contributed by atoms with Gasteiger partial charge in [-0.05, 0) is 50.0 Å². The van der Waals surface area contributed by atoms with Crippen LogP contribution in [0.4, 0.5) is 0 Å². The van der Waals surface area contributed by atoms with Crippen molar-refractivity contribution in [3.05, 3.63) is 71.9 Å². The average Bonchev–Trinajstić information content (AvgIpc) is 3.11. The number of nitrogens with zero attached hydrogens (tertiary/aromatic N) is 2. The van der Waals surface area contributed by atoms with E-state index in [9.17, 15) is 4.79 Å². The summed E-state index contributed by atoms with van der Waals surface area (Å²) in [7, 11) is 0. The largest absolute Gasteiger partial charge is 0.352 e. The molecule has 2 heterocycles. The Hall–Kier alpha value is -2.59. The predicted octanol–water partition coefficient (Wildman–Crippen LogP) is 4.19. The molecular formula is C24H29N3O. The summed E-state index contributed by atoms with van der Waals surface area (Å²) >= 11 is 0. The fourth-order valence-corrected chi connectivity index (χ4v) is 4.23. The van der Waals surface area contributed by atoms with Crippen LogP contribution >= 0.6 is 0 Å².